The van der Waals surface area contributed by atoms with Gasteiger partial charge in [0, 0.05) is 31.5 Å². The Kier molecular flexibility index (Phi) is 5.11. The number of aromatic nitrogens is 3. The van der Waals surface area contributed by atoms with Gasteiger partial charge in [-0.05, 0) is 11.7 Å². The molecule has 1 rings (SSSR count). The van der Waals surface area contributed by atoms with E-state index in [4.69, 9.17) is 5.73 Å². The van der Waals surface area contributed by atoms with E-state index in [1.807, 2.05) is 25.0 Å². The standard InChI is InChI=1S/C10H20N4S/c1-8(2)6-15-7-9(11)4-10-5-14(3)13-12-10/h5,8-9H,4,6-7,11H2,1-3H3. The Hall–Kier alpha value is -0.550. The smallest absolute Gasteiger partial charge is 0.0842 e. The summed E-state index contributed by atoms with van der Waals surface area (Å²) < 4.78 is 1.71. The molecule has 0 spiro atoms. The zero-order chi connectivity index (χ0) is 11.3. The van der Waals surface area contributed by atoms with Crippen LogP contribution < -0.4 is 5.73 Å². The molecule has 1 unspecified atom stereocenters. The van der Waals surface area contributed by atoms with Crippen molar-refractivity contribution in [3.05, 3.63) is 11.9 Å². The maximum atomic E-state index is 6.00. The number of nitrogens with two attached hydrogens (primary N) is 1. The van der Waals surface area contributed by atoms with Crippen molar-refractivity contribution in [3.8, 4) is 0 Å². The Bertz CT molecular complexity index is 285. The lowest BCUT2D eigenvalue weighted by Gasteiger charge is -2.10. The highest BCUT2D eigenvalue weighted by atomic mass is 32.2. The van der Waals surface area contributed by atoms with Gasteiger partial charge < -0.3 is 5.73 Å². The van der Waals surface area contributed by atoms with Gasteiger partial charge in [-0.25, -0.2) is 0 Å². The Labute approximate surface area is 95.6 Å². The molecule has 0 amide bonds. The average molecular weight is 228 g/mol. The van der Waals surface area contributed by atoms with Crippen LogP contribution in [0.3, 0.4) is 0 Å². The maximum absolute atomic E-state index is 6.00. The van der Waals surface area contributed by atoms with Crippen LogP contribution in [0.1, 0.15) is 19.5 Å². The highest BCUT2D eigenvalue weighted by Gasteiger charge is 2.07. The molecule has 4 nitrogen and oxygen atoms in total. The van der Waals surface area contributed by atoms with E-state index < -0.39 is 0 Å². The van der Waals surface area contributed by atoms with Crippen molar-refractivity contribution in [2.24, 2.45) is 18.7 Å². The van der Waals surface area contributed by atoms with Crippen molar-refractivity contribution in [3.63, 3.8) is 0 Å². The molecule has 86 valence electrons. The molecule has 0 radical (unpaired) electrons. The van der Waals surface area contributed by atoms with Crippen LogP contribution in [0, 0.1) is 5.92 Å². The van der Waals surface area contributed by atoms with Gasteiger partial charge in [-0.15, -0.1) is 5.10 Å². The van der Waals surface area contributed by atoms with Crippen LogP contribution in [0.2, 0.25) is 0 Å². The van der Waals surface area contributed by atoms with E-state index >= 15 is 0 Å². The Morgan fingerprint density at radius 3 is 2.73 bits per heavy atom. The molecule has 1 aromatic rings. The van der Waals surface area contributed by atoms with Gasteiger partial charge in [0.05, 0.1) is 5.69 Å². The van der Waals surface area contributed by atoms with Crippen molar-refractivity contribution in [2.75, 3.05) is 11.5 Å². The first kappa shape index (κ1) is 12.5. The van der Waals surface area contributed by atoms with Crippen molar-refractivity contribution >= 4 is 11.8 Å². The van der Waals surface area contributed by atoms with E-state index in [0.29, 0.717) is 0 Å². The molecule has 2 N–H and O–H groups in total. The Morgan fingerprint density at radius 1 is 1.47 bits per heavy atom. The van der Waals surface area contributed by atoms with Crippen LogP contribution in [0.5, 0.6) is 0 Å². The molecule has 0 aliphatic carbocycles. The molecule has 15 heavy (non-hydrogen) atoms. The summed E-state index contributed by atoms with van der Waals surface area (Å²) in [7, 11) is 1.87. The van der Waals surface area contributed by atoms with Crippen LogP contribution in [-0.2, 0) is 13.5 Å². The van der Waals surface area contributed by atoms with Gasteiger partial charge in [0.2, 0.25) is 0 Å². The molecule has 0 aliphatic heterocycles. The first-order valence-electron chi connectivity index (χ1n) is 5.26. The van der Waals surface area contributed by atoms with Gasteiger partial charge in [-0.2, -0.15) is 11.8 Å². The third-order valence-electron chi connectivity index (χ3n) is 1.90. The molecular weight excluding hydrogens is 208 g/mol. The van der Waals surface area contributed by atoms with E-state index in [1.165, 1.54) is 5.75 Å². The van der Waals surface area contributed by atoms with E-state index in [0.717, 1.165) is 23.8 Å². The van der Waals surface area contributed by atoms with E-state index in [9.17, 15) is 0 Å². The molecule has 0 fully saturated rings. The molecule has 0 aliphatic rings. The first-order valence-corrected chi connectivity index (χ1v) is 6.42. The van der Waals surface area contributed by atoms with Crippen molar-refractivity contribution in [2.45, 2.75) is 26.3 Å². The molecule has 5 heteroatoms. The third-order valence-corrected chi connectivity index (χ3v) is 3.47. The lowest BCUT2D eigenvalue weighted by atomic mass is 10.2. The molecule has 0 saturated carbocycles. The van der Waals surface area contributed by atoms with E-state index in [-0.39, 0.29) is 6.04 Å². The number of aryl methyl sites for hydroxylation is 1. The number of hydrogen-bond acceptors (Lipinski definition) is 4. The Morgan fingerprint density at radius 2 is 2.20 bits per heavy atom. The zero-order valence-electron chi connectivity index (χ0n) is 9.68. The Balaban J connectivity index is 2.21. The normalized spacial score (nSPS) is 13.4. The number of hydrogen-bond donors (Lipinski definition) is 1. The maximum Gasteiger partial charge on any atom is 0.0842 e. The fourth-order valence-electron chi connectivity index (χ4n) is 1.27. The average Bonchev–Trinajstić information content (AvgIpc) is 2.50. The quantitative estimate of drug-likeness (QED) is 0.791. The van der Waals surface area contributed by atoms with Gasteiger partial charge in [-0.1, -0.05) is 19.1 Å². The van der Waals surface area contributed by atoms with E-state index in [1.54, 1.807) is 4.68 Å². The van der Waals surface area contributed by atoms with Gasteiger partial charge in [0.15, 0.2) is 0 Å². The second kappa shape index (κ2) is 6.12. The number of nitrogens with zero attached hydrogens (tertiary/aromatic N) is 3. The van der Waals surface area contributed by atoms with Crippen LogP contribution in [0.4, 0.5) is 0 Å². The molecule has 0 saturated heterocycles. The summed E-state index contributed by atoms with van der Waals surface area (Å²) in [4.78, 5) is 0. The van der Waals surface area contributed by atoms with Gasteiger partial charge in [0.25, 0.3) is 0 Å². The summed E-state index contributed by atoms with van der Waals surface area (Å²) in [5.41, 5.74) is 6.98. The number of rotatable bonds is 6. The minimum absolute atomic E-state index is 0.186. The summed E-state index contributed by atoms with van der Waals surface area (Å²) in [5.74, 6) is 2.90. The molecule has 1 aromatic heterocycles. The van der Waals surface area contributed by atoms with Crippen LogP contribution >= 0.6 is 11.8 Å². The van der Waals surface area contributed by atoms with E-state index in [2.05, 4.69) is 24.2 Å². The number of thioether (sulfide) groups is 1. The molecule has 1 heterocycles. The monoisotopic (exact) mass is 228 g/mol. The largest absolute Gasteiger partial charge is 0.327 e. The second-order valence-corrected chi connectivity index (χ2v) is 5.35. The summed E-state index contributed by atoms with van der Waals surface area (Å²) in [6, 6.07) is 0.186. The lowest BCUT2D eigenvalue weighted by Crippen LogP contribution is -2.26. The molecule has 0 aromatic carbocycles. The van der Waals surface area contributed by atoms with Crippen LogP contribution in [0.25, 0.3) is 0 Å². The van der Waals surface area contributed by atoms with Gasteiger partial charge in [-0.3, -0.25) is 4.68 Å². The summed E-state index contributed by atoms with van der Waals surface area (Å²) in [6.45, 7) is 4.45. The fourth-order valence-corrected chi connectivity index (χ4v) is 2.30. The molecule has 0 bridgehead atoms. The summed E-state index contributed by atoms with van der Waals surface area (Å²) in [6.07, 6.45) is 2.74. The molecular formula is C10H20N4S. The zero-order valence-corrected chi connectivity index (χ0v) is 10.5. The highest BCUT2D eigenvalue weighted by molar-refractivity contribution is 7.99. The van der Waals surface area contributed by atoms with Crippen LogP contribution in [-0.4, -0.2) is 32.5 Å². The lowest BCUT2D eigenvalue weighted by molar-refractivity contribution is 0.703. The van der Waals surface area contributed by atoms with Crippen molar-refractivity contribution in [1.82, 2.24) is 15.0 Å². The van der Waals surface area contributed by atoms with Crippen molar-refractivity contribution in [1.29, 1.82) is 0 Å². The second-order valence-electron chi connectivity index (χ2n) is 4.28. The highest BCUT2D eigenvalue weighted by Crippen LogP contribution is 2.09. The molecule has 1 atom stereocenters. The first-order chi connectivity index (χ1) is 7.08. The predicted molar refractivity (Wildman–Crippen MR) is 64.8 cm³/mol. The summed E-state index contributed by atoms with van der Waals surface area (Å²) >= 11 is 1.92. The van der Waals surface area contributed by atoms with Crippen LogP contribution in [0.15, 0.2) is 6.20 Å². The summed E-state index contributed by atoms with van der Waals surface area (Å²) in [5, 5.41) is 7.91. The topological polar surface area (TPSA) is 56.7 Å². The van der Waals surface area contributed by atoms with Gasteiger partial charge in [0.1, 0.15) is 0 Å². The minimum atomic E-state index is 0.186. The minimum Gasteiger partial charge on any atom is -0.327 e. The predicted octanol–water partition coefficient (Wildman–Crippen LogP) is 1.07. The SMILES string of the molecule is CC(C)CSCC(N)Cc1cn(C)nn1. The van der Waals surface area contributed by atoms with Gasteiger partial charge >= 0.3 is 0 Å². The fraction of sp³-hybridized carbons (Fsp3) is 0.800. The third kappa shape index (κ3) is 5.18. The van der Waals surface area contributed by atoms with Crippen molar-refractivity contribution < 1.29 is 0 Å².